The zero-order valence-electron chi connectivity index (χ0n) is 12.0. The summed E-state index contributed by atoms with van der Waals surface area (Å²) in [6, 6.07) is 10.3. The topological polar surface area (TPSA) is 32.5 Å². The first kappa shape index (κ1) is 12.9. The van der Waals surface area contributed by atoms with Crippen LogP contribution in [0, 0.1) is 0 Å². The van der Waals surface area contributed by atoms with Gasteiger partial charge in [0.25, 0.3) is 0 Å². The molecule has 0 aromatic heterocycles. The summed E-state index contributed by atoms with van der Waals surface area (Å²) >= 11 is 0. The Labute approximate surface area is 116 Å². The highest BCUT2D eigenvalue weighted by atomic mass is 15.3. The lowest BCUT2D eigenvalue weighted by atomic mass is 10.0. The molecule has 3 heteroatoms. The fourth-order valence-electron chi connectivity index (χ4n) is 3.72. The number of nitrogens with zero attached hydrogens (tertiary/aromatic N) is 2. The van der Waals surface area contributed by atoms with Gasteiger partial charge in [0.1, 0.15) is 0 Å². The highest BCUT2D eigenvalue weighted by Crippen LogP contribution is 2.31. The van der Waals surface area contributed by atoms with Crippen LogP contribution in [-0.4, -0.2) is 41.5 Å². The molecule has 19 heavy (non-hydrogen) atoms. The van der Waals surface area contributed by atoms with Crippen LogP contribution in [0.15, 0.2) is 24.3 Å². The summed E-state index contributed by atoms with van der Waals surface area (Å²) in [5.41, 5.74) is 8.02. The fourth-order valence-corrected chi connectivity index (χ4v) is 3.72. The van der Waals surface area contributed by atoms with Crippen LogP contribution in [0.25, 0.3) is 0 Å². The van der Waals surface area contributed by atoms with Gasteiger partial charge in [0.05, 0.1) is 0 Å². The zero-order chi connectivity index (χ0) is 13.4. The Kier molecular flexibility index (Phi) is 3.50. The van der Waals surface area contributed by atoms with Crippen molar-refractivity contribution in [3.8, 4) is 0 Å². The average molecular weight is 259 g/mol. The molecule has 2 aliphatic rings. The lowest BCUT2D eigenvalue weighted by Gasteiger charge is -2.45. The van der Waals surface area contributed by atoms with E-state index in [2.05, 4.69) is 35.8 Å². The first-order valence-electron chi connectivity index (χ1n) is 7.50. The Morgan fingerprint density at radius 3 is 2.68 bits per heavy atom. The van der Waals surface area contributed by atoms with Gasteiger partial charge in [-0.2, -0.15) is 0 Å². The minimum absolute atomic E-state index is 0.485. The highest BCUT2D eigenvalue weighted by molar-refractivity contribution is 5.40. The third-order valence-electron chi connectivity index (χ3n) is 4.90. The van der Waals surface area contributed by atoms with Crippen molar-refractivity contribution in [1.29, 1.82) is 0 Å². The molecule has 3 rings (SSSR count). The predicted molar refractivity (Wildman–Crippen MR) is 80.0 cm³/mol. The maximum absolute atomic E-state index is 5.78. The molecule has 2 saturated heterocycles. The maximum Gasteiger partial charge on any atom is 0.0323 e. The maximum atomic E-state index is 5.78. The Morgan fingerprint density at radius 2 is 1.95 bits per heavy atom. The molecule has 0 spiro atoms. The van der Waals surface area contributed by atoms with E-state index >= 15 is 0 Å². The summed E-state index contributed by atoms with van der Waals surface area (Å²) < 4.78 is 0. The molecule has 1 aromatic carbocycles. The van der Waals surface area contributed by atoms with Crippen LogP contribution < -0.4 is 5.73 Å². The molecule has 3 nitrogen and oxygen atoms in total. The van der Waals surface area contributed by atoms with Crippen molar-refractivity contribution in [2.24, 2.45) is 0 Å². The molecule has 1 aromatic rings. The molecule has 0 aliphatic carbocycles. The second kappa shape index (κ2) is 5.14. The second-order valence-corrected chi connectivity index (χ2v) is 6.18. The number of nitrogen functional groups attached to an aromatic ring is 1. The number of hydrogen-bond acceptors (Lipinski definition) is 3. The van der Waals surface area contributed by atoms with Gasteiger partial charge in [-0.3, -0.25) is 9.80 Å². The molecule has 0 radical (unpaired) electrons. The normalized spacial score (nSPS) is 30.2. The van der Waals surface area contributed by atoms with Crippen molar-refractivity contribution in [2.45, 2.75) is 44.8 Å². The number of benzene rings is 1. The molecule has 3 atom stereocenters. The molecular formula is C16H25N3. The molecule has 3 unspecified atom stereocenters. The van der Waals surface area contributed by atoms with Crippen molar-refractivity contribution in [2.75, 3.05) is 25.4 Å². The van der Waals surface area contributed by atoms with Gasteiger partial charge in [0.2, 0.25) is 0 Å². The van der Waals surface area contributed by atoms with Gasteiger partial charge < -0.3 is 5.73 Å². The van der Waals surface area contributed by atoms with Crippen molar-refractivity contribution < 1.29 is 0 Å². The second-order valence-electron chi connectivity index (χ2n) is 6.18. The molecule has 2 aliphatic heterocycles. The van der Waals surface area contributed by atoms with Gasteiger partial charge in [-0.25, -0.2) is 0 Å². The third-order valence-corrected chi connectivity index (χ3v) is 4.90. The Morgan fingerprint density at radius 1 is 1.21 bits per heavy atom. The number of anilines is 1. The molecule has 2 N–H and O–H groups in total. The number of piperazine rings is 1. The van der Waals surface area contributed by atoms with E-state index in [-0.39, 0.29) is 0 Å². The smallest absolute Gasteiger partial charge is 0.0323 e. The van der Waals surface area contributed by atoms with Gasteiger partial charge in [0.15, 0.2) is 0 Å². The van der Waals surface area contributed by atoms with Crippen molar-refractivity contribution in [1.82, 2.24) is 9.80 Å². The van der Waals surface area contributed by atoms with Crippen molar-refractivity contribution in [3.63, 3.8) is 0 Å². The molecule has 0 saturated carbocycles. The van der Waals surface area contributed by atoms with Crippen LogP contribution in [0.3, 0.4) is 0 Å². The minimum Gasteiger partial charge on any atom is -0.399 e. The van der Waals surface area contributed by atoms with Gasteiger partial charge in [-0.05, 0) is 50.9 Å². The number of rotatable bonds is 2. The lowest BCUT2D eigenvalue weighted by molar-refractivity contribution is 0.0326. The molecule has 2 fully saturated rings. The van der Waals surface area contributed by atoms with Crippen LogP contribution in [-0.2, 0) is 0 Å². The van der Waals surface area contributed by atoms with E-state index in [0.29, 0.717) is 12.1 Å². The monoisotopic (exact) mass is 259 g/mol. The summed E-state index contributed by atoms with van der Waals surface area (Å²) in [7, 11) is 0. The van der Waals surface area contributed by atoms with E-state index in [1.165, 1.54) is 38.0 Å². The van der Waals surface area contributed by atoms with Crippen LogP contribution in [0.4, 0.5) is 5.69 Å². The standard InChI is InChI=1S/C16H25N3/c1-12-10-18-9-3-4-16(18)11-19(12)13(2)14-5-7-15(17)8-6-14/h5-8,12-13,16H,3-4,9-11,17H2,1-2H3. The number of hydrogen-bond donors (Lipinski definition) is 1. The first-order chi connectivity index (χ1) is 9.15. The molecule has 2 heterocycles. The molecule has 0 bridgehead atoms. The number of fused-ring (bicyclic) bond motifs is 1. The highest BCUT2D eigenvalue weighted by Gasteiger charge is 2.36. The largest absolute Gasteiger partial charge is 0.399 e. The SMILES string of the molecule is CC1CN2CCCC2CN1C(C)c1ccc(N)cc1. The molecule has 104 valence electrons. The third kappa shape index (κ3) is 2.49. The van der Waals surface area contributed by atoms with E-state index < -0.39 is 0 Å². The van der Waals surface area contributed by atoms with Gasteiger partial charge >= 0.3 is 0 Å². The molecule has 0 amide bonds. The summed E-state index contributed by atoms with van der Waals surface area (Å²) in [5, 5.41) is 0. The van der Waals surface area contributed by atoms with Gasteiger partial charge in [-0.15, -0.1) is 0 Å². The minimum atomic E-state index is 0.485. The molecular weight excluding hydrogens is 234 g/mol. The average Bonchev–Trinajstić information content (AvgIpc) is 2.85. The van der Waals surface area contributed by atoms with E-state index in [0.717, 1.165) is 11.7 Å². The summed E-state index contributed by atoms with van der Waals surface area (Å²) in [6.45, 7) is 8.44. The van der Waals surface area contributed by atoms with Crippen LogP contribution in [0.5, 0.6) is 0 Å². The number of nitrogens with two attached hydrogens (primary N) is 1. The summed E-state index contributed by atoms with van der Waals surface area (Å²) in [6.07, 6.45) is 2.75. The van der Waals surface area contributed by atoms with Gasteiger partial charge in [0, 0.05) is 36.9 Å². The Bertz CT molecular complexity index is 428. The Hall–Kier alpha value is -1.06. The summed E-state index contributed by atoms with van der Waals surface area (Å²) in [5.74, 6) is 0. The van der Waals surface area contributed by atoms with E-state index in [1.54, 1.807) is 0 Å². The van der Waals surface area contributed by atoms with Crippen LogP contribution in [0.2, 0.25) is 0 Å². The Balaban J connectivity index is 1.75. The predicted octanol–water partition coefficient (Wildman–Crippen LogP) is 2.50. The van der Waals surface area contributed by atoms with Gasteiger partial charge in [-0.1, -0.05) is 12.1 Å². The first-order valence-corrected chi connectivity index (χ1v) is 7.50. The fraction of sp³-hybridized carbons (Fsp3) is 0.625. The van der Waals surface area contributed by atoms with Crippen LogP contribution >= 0.6 is 0 Å². The van der Waals surface area contributed by atoms with Crippen molar-refractivity contribution >= 4 is 5.69 Å². The summed E-state index contributed by atoms with van der Waals surface area (Å²) in [4.78, 5) is 5.34. The van der Waals surface area contributed by atoms with E-state index in [1.807, 2.05) is 12.1 Å². The zero-order valence-corrected chi connectivity index (χ0v) is 12.0. The van der Waals surface area contributed by atoms with E-state index in [9.17, 15) is 0 Å². The van der Waals surface area contributed by atoms with Crippen molar-refractivity contribution in [3.05, 3.63) is 29.8 Å². The van der Waals surface area contributed by atoms with Crippen LogP contribution in [0.1, 0.15) is 38.3 Å². The van der Waals surface area contributed by atoms with E-state index in [4.69, 9.17) is 5.73 Å². The quantitative estimate of drug-likeness (QED) is 0.828. The lowest BCUT2D eigenvalue weighted by Crippen LogP contribution is -2.55.